The maximum Gasteiger partial charge on any atom is 0.224 e. The first-order chi connectivity index (χ1) is 12.7. The molecule has 5 nitrogen and oxygen atoms in total. The standard InChI is InChI=1S/C21H23N3O2/c1-2-4-20(25)24-17-9-7-15(8-10-17)13-21(26)23-14-16-5-3-6-19-18(16)11-12-22-19/h3,5-12,22H,2,4,13-14H2,1H3,(H,23,26)(H,24,25). The van der Waals surface area contributed by atoms with Gasteiger partial charge in [0.1, 0.15) is 0 Å². The van der Waals surface area contributed by atoms with Crippen LogP contribution in [0.1, 0.15) is 30.9 Å². The van der Waals surface area contributed by atoms with Crippen LogP contribution in [0.15, 0.2) is 54.7 Å². The first kappa shape index (κ1) is 17.7. The molecule has 3 N–H and O–H groups in total. The van der Waals surface area contributed by atoms with Crippen LogP contribution in [0.3, 0.4) is 0 Å². The van der Waals surface area contributed by atoms with E-state index in [4.69, 9.17) is 0 Å². The van der Waals surface area contributed by atoms with Crippen molar-refractivity contribution in [2.24, 2.45) is 0 Å². The van der Waals surface area contributed by atoms with Crippen molar-refractivity contribution in [1.29, 1.82) is 0 Å². The second-order valence-electron chi connectivity index (χ2n) is 6.30. The highest BCUT2D eigenvalue weighted by Gasteiger charge is 2.07. The molecule has 0 bridgehead atoms. The van der Waals surface area contributed by atoms with Crippen LogP contribution in [0.2, 0.25) is 0 Å². The lowest BCUT2D eigenvalue weighted by Gasteiger charge is -2.08. The third-order valence-electron chi connectivity index (χ3n) is 4.24. The average molecular weight is 349 g/mol. The van der Waals surface area contributed by atoms with Crippen molar-refractivity contribution in [3.63, 3.8) is 0 Å². The summed E-state index contributed by atoms with van der Waals surface area (Å²) in [7, 11) is 0. The molecule has 1 aromatic heterocycles. The van der Waals surface area contributed by atoms with Gasteiger partial charge in [0.15, 0.2) is 0 Å². The van der Waals surface area contributed by atoms with Crippen LogP contribution in [0.4, 0.5) is 5.69 Å². The zero-order valence-corrected chi connectivity index (χ0v) is 14.8. The van der Waals surface area contributed by atoms with Gasteiger partial charge in [-0.15, -0.1) is 0 Å². The Morgan fingerprint density at radius 2 is 1.81 bits per heavy atom. The smallest absolute Gasteiger partial charge is 0.224 e. The lowest BCUT2D eigenvalue weighted by molar-refractivity contribution is -0.120. The number of carbonyl (C=O) groups is 2. The van der Waals surface area contributed by atoms with Gasteiger partial charge in [0, 0.05) is 35.8 Å². The van der Waals surface area contributed by atoms with E-state index in [-0.39, 0.29) is 11.8 Å². The molecular weight excluding hydrogens is 326 g/mol. The summed E-state index contributed by atoms with van der Waals surface area (Å²) in [6.07, 6.45) is 3.54. The van der Waals surface area contributed by atoms with E-state index in [2.05, 4.69) is 15.6 Å². The number of benzene rings is 2. The Kier molecular flexibility index (Phi) is 5.69. The van der Waals surface area contributed by atoms with Gasteiger partial charge in [-0.2, -0.15) is 0 Å². The van der Waals surface area contributed by atoms with Crippen molar-refractivity contribution in [2.75, 3.05) is 5.32 Å². The molecule has 0 aliphatic rings. The number of aromatic nitrogens is 1. The Hall–Kier alpha value is -3.08. The summed E-state index contributed by atoms with van der Waals surface area (Å²) in [5, 5.41) is 6.94. The fraction of sp³-hybridized carbons (Fsp3) is 0.238. The van der Waals surface area contributed by atoms with Gasteiger partial charge in [0.2, 0.25) is 11.8 Å². The van der Waals surface area contributed by atoms with E-state index in [9.17, 15) is 9.59 Å². The molecule has 0 unspecified atom stereocenters. The van der Waals surface area contributed by atoms with Crippen molar-refractivity contribution in [3.05, 3.63) is 65.9 Å². The molecule has 2 aromatic carbocycles. The van der Waals surface area contributed by atoms with Crippen LogP contribution in [0, 0.1) is 0 Å². The van der Waals surface area contributed by atoms with E-state index in [1.807, 2.05) is 61.7 Å². The number of carbonyl (C=O) groups excluding carboxylic acids is 2. The molecule has 5 heteroatoms. The molecule has 0 aliphatic heterocycles. The van der Waals surface area contributed by atoms with Gasteiger partial charge in [0.05, 0.1) is 6.42 Å². The number of rotatable bonds is 7. The van der Waals surface area contributed by atoms with Crippen LogP contribution in [0.5, 0.6) is 0 Å². The fourth-order valence-corrected chi connectivity index (χ4v) is 2.90. The minimum atomic E-state index is -0.0275. The minimum absolute atomic E-state index is 0.0110. The lowest BCUT2D eigenvalue weighted by atomic mass is 10.1. The highest BCUT2D eigenvalue weighted by Crippen LogP contribution is 2.17. The van der Waals surface area contributed by atoms with Crippen LogP contribution in [-0.4, -0.2) is 16.8 Å². The predicted octanol–water partition coefficient (Wildman–Crippen LogP) is 3.77. The number of fused-ring (bicyclic) bond motifs is 1. The van der Waals surface area contributed by atoms with Gasteiger partial charge >= 0.3 is 0 Å². The number of aromatic amines is 1. The highest BCUT2D eigenvalue weighted by molar-refractivity contribution is 5.90. The van der Waals surface area contributed by atoms with Crippen molar-refractivity contribution in [2.45, 2.75) is 32.7 Å². The number of H-pyrrole nitrogens is 1. The van der Waals surface area contributed by atoms with Gasteiger partial charge in [-0.1, -0.05) is 31.2 Å². The molecule has 134 valence electrons. The Bertz CT molecular complexity index is 897. The van der Waals surface area contributed by atoms with E-state index in [0.717, 1.165) is 34.1 Å². The molecule has 3 aromatic rings. The molecule has 0 saturated carbocycles. The van der Waals surface area contributed by atoms with Crippen LogP contribution < -0.4 is 10.6 Å². The summed E-state index contributed by atoms with van der Waals surface area (Å²) in [5.74, 6) is -0.0165. The first-order valence-electron chi connectivity index (χ1n) is 8.86. The number of amides is 2. The molecule has 1 heterocycles. The monoisotopic (exact) mass is 349 g/mol. The molecule has 3 rings (SSSR count). The maximum atomic E-state index is 12.2. The van der Waals surface area contributed by atoms with Gasteiger partial charge < -0.3 is 15.6 Å². The van der Waals surface area contributed by atoms with E-state index >= 15 is 0 Å². The fourth-order valence-electron chi connectivity index (χ4n) is 2.90. The third-order valence-corrected chi connectivity index (χ3v) is 4.24. The van der Waals surface area contributed by atoms with Gasteiger partial charge in [-0.25, -0.2) is 0 Å². The Morgan fingerprint density at radius 1 is 1.00 bits per heavy atom. The first-order valence-corrected chi connectivity index (χ1v) is 8.86. The number of nitrogens with one attached hydrogen (secondary N) is 3. The third kappa shape index (κ3) is 4.51. The zero-order valence-electron chi connectivity index (χ0n) is 14.8. The van der Waals surface area contributed by atoms with Gasteiger partial charge in [0.25, 0.3) is 0 Å². The molecule has 0 saturated heterocycles. The summed E-state index contributed by atoms with van der Waals surface area (Å²) in [6.45, 7) is 2.47. The quantitative estimate of drug-likeness (QED) is 0.607. The largest absolute Gasteiger partial charge is 0.361 e. The van der Waals surface area contributed by atoms with Gasteiger partial charge in [-0.05, 0) is 41.8 Å². The molecule has 26 heavy (non-hydrogen) atoms. The Labute approximate surface area is 152 Å². The zero-order chi connectivity index (χ0) is 18.4. The Morgan fingerprint density at radius 3 is 2.58 bits per heavy atom. The molecule has 0 atom stereocenters. The molecule has 0 radical (unpaired) electrons. The second-order valence-corrected chi connectivity index (χ2v) is 6.30. The van der Waals surface area contributed by atoms with Crippen molar-refractivity contribution < 1.29 is 9.59 Å². The molecule has 2 amide bonds. The second kappa shape index (κ2) is 8.34. The van der Waals surface area contributed by atoms with Crippen LogP contribution in [0.25, 0.3) is 10.9 Å². The highest BCUT2D eigenvalue weighted by atomic mass is 16.2. The topological polar surface area (TPSA) is 74.0 Å². The normalized spacial score (nSPS) is 10.7. The summed E-state index contributed by atoms with van der Waals surface area (Å²) in [6, 6.07) is 15.4. The van der Waals surface area contributed by atoms with Crippen molar-refractivity contribution in [3.8, 4) is 0 Å². The van der Waals surface area contributed by atoms with Crippen molar-refractivity contribution in [1.82, 2.24) is 10.3 Å². The summed E-state index contributed by atoms with van der Waals surface area (Å²) in [4.78, 5) is 27.0. The predicted molar refractivity (Wildman–Crippen MR) is 104 cm³/mol. The minimum Gasteiger partial charge on any atom is -0.361 e. The van der Waals surface area contributed by atoms with E-state index < -0.39 is 0 Å². The lowest BCUT2D eigenvalue weighted by Crippen LogP contribution is -2.24. The number of anilines is 1. The molecule has 0 aliphatic carbocycles. The number of hydrogen-bond acceptors (Lipinski definition) is 2. The molecule has 0 fully saturated rings. The van der Waals surface area contributed by atoms with Crippen LogP contribution >= 0.6 is 0 Å². The van der Waals surface area contributed by atoms with E-state index in [0.29, 0.717) is 19.4 Å². The van der Waals surface area contributed by atoms with E-state index in [1.165, 1.54) is 0 Å². The summed E-state index contributed by atoms with van der Waals surface area (Å²) in [5.41, 5.74) is 3.83. The molecular formula is C21H23N3O2. The Balaban J connectivity index is 1.53. The maximum absolute atomic E-state index is 12.2. The van der Waals surface area contributed by atoms with Gasteiger partial charge in [-0.3, -0.25) is 9.59 Å². The van der Waals surface area contributed by atoms with Crippen LogP contribution in [-0.2, 0) is 22.6 Å². The SMILES string of the molecule is CCCC(=O)Nc1ccc(CC(=O)NCc2cccc3[nH]ccc23)cc1. The van der Waals surface area contributed by atoms with E-state index in [1.54, 1.807) is 0 Å². The molecule has 0 spiro atoms. The number of hydrogen-bond donors (Lipinski definition) is 3. The summed E-state index contributed by atoms with van der Waals surface area (Å²) < 4.78 is 0. The summed E-state index contributed by atoms with van der Waals surface area (Å²) >= 11 is 0. The van der Waals surface area contributed by atoms with Crippen molar-refractivity contribution >= 4 is 28.4 Å². The average Bonchev–Trinajstić information content (AvgIpc) is 3.11.